The van der Waals surface area contributed by atoms with Crippen LogP contribution in [-0.2, 0) is 11.3 Å². The van der Waals surface area contributed by atoms with Gasteiger partial charge in [0.2, 0.25) is 17.6 Å². The van der Waals surface area contributed by atoms with Crippen LogP contribution in [0.25, 0.3) is 11.4 Å². The average molecular weight is 344 g/mol. The minimum Gasteiger partial charge on any atom is -0.497 e. The third-order valence-electron chi connectivity index (χ3n) is 4.36. The number of carbonyl (C=O) groups is 1. The summed E-state index contributed by atoms with van der Waals surface area (Å²) in [5.41, 5.74) is 0.894. The fraction of sp³-hybridized carbons (Fsp3) is 0.500. The van der Waals surface area contributed by atoms with Crippen LogP contribution < -0.4 is 4.74 Å². The first-order valence-corrected chi connectivity index (χ1v) is 8.66. The first kappa shape index (κ1) is 17.4. The van der Waals surface area contributed by atoms with Gasteiger partial charge in [0.05, 0.1) is 13.7 Å². The van der Waals surface area contributed by atoms with Crippen LogP contribution in [0.3, 0.4) is 0 Å². The van der Waals surface area contributed by atoms with Gasteiger partial charge in [-0.05, 0) is 30.7 Å². The van der Waals surface area contributed by atoms with Crippen molar-refractivity contribution in [2.45, 2.75) is 26.3 Å². The molecule has 0 aliphatic carbocycles. The Morgan fingerprint density at radius 2 is 1.92 bits per heavy atom. The molecule has 1 aromatic heterocycles. The Morgan fingerprint density at radius 3 is 2.56 bits per heavy atom. The number of carbonyl (C=O) groups excluding carboxylic acids is 1. The highest BCUT2D eigenvalue weighted by atomic mass is 16.5. The SMILES string of the molecule is CCCC(=O)N1CCN(Cc2nc(-c3ccc(OC)cc3)no2)CC1. The molecule has 7 nitrogen and oxygen atoms in total. The van der Waals surface area contributed by atoms with E-state index in [4.69, 9.17) is 9.26 Å². The van der Waals surface area contributed by atoms with Crippen molar-refractivity contribution in [3.8, 4) is 17.1 Å². The van der Waals surface area contributed by atoms with Crippen molar-refractivity contribution in [3.63, 3.8) is 0 Å². The Morgan fingerprint density at radius 1 is 1.20 bits per heavy atom. The maximum absolute atomic E-state index is 11.9. The lowest BCUT2D eigenvalue weighted by Gasteiger charge is -2.33. The van der Waals surface area contributed by atoms with Gasteiger partial charge in [0.1, 0.15) is 5.75 Å². The zero-order valence-electron chi connectivity index (χ0n) is 14.8. The Kier molecular flexibility index (Phi) is 5.65. The van der Waals surface area contributed by atoms with Crippen molar-refractivity contribution in [2.75, 3.05) is 33.3 Å². The topological polar surface area (TPSA) is 71.7 Å². The predicted molar refractivity (Wildman–Crippen MR) is 93.1 cm³/mol. The molecular formula is C18H24N4O3. The quantitative estimate of drug-likeness (QED) is 0.800. The number of hydrogen-bond acceptors (Lipinski definition) is 6. The van der Waals surface area contributed by atoms with E-state index in [0.717, 1.165) is 43.9 Å². The number of nitrogens with zero attached hydrogens (tertiary/aromatic N) is 4. The lowest BCUT2D eigenvalue weighted by atomic mass is 10.2. The Labute approximate surface area is 147 Å². The first-order chi connectivity index (χ1) is 12.2. The molecular weight excluding hydrogens is 320 g/mol. The van der Waals surface area contributed by atoms with Crippen LogP contribution in [0, 0.1) is 0 Å². The Hall–Kier alpha value is -2.41. The Bertz CT molecular complexity index is 691. The predicted octanol–water partition coefficient (Wildman–Crippen LogP) is 2.19. The highest BCUT2D eigenvalue weighted by Crippen LogP contribution is 2.20. The number of aromatic nitrogens is 2. The normalized spacial score (nSPS) is 15.4. The van der Waals surface area contributed by atoms with Crippen LogP contribution in [0.1, 0.15) is 25.7 Å². The van der Waals surface area contributed by atoms with Gasteiger partial charge in [-0.15, -0.1) is 0 Å². The molecule has 0 radical (unpaired) electrons. The van der Waals surface area contributed by atoms with Crippen LogP contribution in [0.5, 0.6) is 5.75 Å². The number of methoxy groups -OCH3 is 1. The maximum Gasteiger partial charge on any atom is 0.241 e. The highest BCUT2D eigenvalue weighted by Gasteiger charge is 2.22. The Balaban J connectivity index is 1.54. The average Bonchev–Trinajstić information content (AvgIpc) is 3.11. The van der Waals surface area contributed by atoms with E-state index in [1.54, 1.807) is 7.11 Å². The summed E-state index contributed by atoms with van der Waals surface area (Å²) in [7, 11) is 1.64. The fourth-order valence-electron chi connectivity index (χ4n) is 2.90. The molecule has 7 heteroatoms. The molecule has 1 saturated heterocycles. The van der Waals surface area contributed by atoms with Gasteiger partial charge in [-0.2, -0.15) is 4.98 Å². The highest BCUT2D eigenvalue weighted by molar-refractivity contribution is 5.76. The molecule has 1 aromatic carbocycles. The third kappa shape index (κ3) is 4.36. The van der Waals surface area contributed by atoms with Gasteiger partial charge >= 0.3 is 0 Å². The van der Waals surface area contributed by atoms with Gasteiger partial charge in [-0.1, -0.05) is 12.1 Å². The summed E-state index contributed by atoms with van der Waals surface area (Å²) in [6, 6.07) is 7.56. The lowest BCUT2D eigenvalue weighted by Crippen LogP contribution is -2.48. The zero-order valence-corrected chi connectivity index (χ0v) is 14.8. The van der Waals surface area contributed by atoms with Gasteiger partial charge in [-0.3, -0.25) is 9.69 Å². The second-order valence-electron chi connectivity index (χ2n) is 6.15. The summed E-state index contributed by atoms with van der Waals surface area (Å²) in [4.78, 5) is 20.6. The number of amides is 1. The molecule has 0 atom stereocenters. The van der Waals surface area contributed by atoms with Crippen LogP contribution in [0.15, 0.2) is 28.8 Å². The molecule has 1 fully saturated rings. The van der Waals surface area contributed by atoms with Gasteiger partial charge in [-0.25, -0.2) is 0 Å². The molecule has 3 rings (SSSR count). The van der Waals surface area contributed by atoms with Crippen LogP contribution in [-0.4, -0.2) is 59.1 Å². The lowest BCUT2D eigenvalue weighted by molar-refractivity contribution is -0.133. The summed E-state index contributed by atoms with van der Waals surface area (Å²) in [5.74, 6) is 2.22. The summed E-state index contributed by atoms with van der Waals surface area (Å²) in [6.45, 7) is 5.82. The van der Waals surface area contributed by atoms with Gasteiger partial charge in [0, 0.05) is 38.2 Å². The van der Waals surface area contributed by atoms with E-state index in [0.29, 0.717) is 24.7 Å². The smallest absolute Gasteiger partial charge is 0.241 e. The zero-order chi connectivity index (χ0) is 17.6. The van der Waals surface area contributed by atoms with Gasteiger partial charge in [0.25, 0.3) is 0 Å². The van der Waals surface area contributed by atoms with E-state index in [-0.39, 0.29) is 5.91 Å². The number of rotatable bonds is 6. The minimum atomic E-state index is 0.252. The number of piperazine rings is 1. The van der Waals surface area contributed by atoms with Crippen LogP contribution >= 0.6 is 0 Å². The molecule has 25 heavy (non-hydrogen) atoms. The molecule has 0 spiro atoms. The second kappa shape index (κ2) is 8.11. The standard InChI is InChI=1S/C18H24N4O3/c1-3-4-17(23)22-11-9-21(10-12-22)13-16-19-18(20-25-16)14-5-7-15(24-2)8-6-14/h5-8H,3-4,9-13H2,1-2H3. The fourth-order valence-corrected chi connectivity index (χ4v) is 2.90. The van der Waals surface area contributed by atoms with E-state index >= 15 is 0 Å². The van der Waals surface area contributed by atoms with Crippen molar-refractivity contribution in [3.05, 3.63) is 30.2 Å². The maximum atomic E-state index is 11.9. The minimum absolute atomic E-state index is 0.252. The molecule has 0 bridgehead atoms. The molecule has 1 amide bonds. The van der Waals surface area contributed by atoms with E-state index in [1.165, 1.54) is 0 Å². The van der Waals surface area contributed by atoms with E-state index in [2.05, 4.69) is 15.0 Å². The molecule has 0 unspecified atom stereocenters. The van der Waals surface area contributed by atoms with E-state index in [1.807, 2.05) is 36.1 Å². The number of benzene rings is 1. The molecule has 0 N–H and O–H groups in total. The number of hydrogen-bond donors (Lipinski definition) is 0. The molecule has 1 aliphatic heterocycles. The van der Waals surface area contributed by atoms with Crippen molar-refractivity contribution in [1.82, 2.24) is 19.9 Å². The third-order valence-corrected chi connectivity index (χ3v) is 4.36. The van der Waals surface area contributed by atoms with Crippen LogP contribution in [0.4, 0.5) is 0 Å². The van der Waals surface area contributed by atoms with E-state index < -0.39 is 0 Å². The molecule has 2 aromatic rings. The largest absolute Gasteiger partial charge is 0.497 e. The second-order valence-corrected chi connectivity index (χ2v) is 6.15. The molecule has 2 heterocycles. The van der Waals surface area contributed by atoms with Crippen molar-refractivity contribution >= 4 is 5.91 Å². The first-order valence-electron chi connectivity index (χ1n) is 8.66. The van der Waals surface area contributed by atoms with Gasteiger partial charge in [0.15, 0.2) is 0 Å². The monoisotopic (exact) mass is 344 g/mol. The van der Waals surface area contributed by atoms with Gasteiger partial charge < -0.3 is 14.2 Å². The molecule has 1 aliphatic rings. The summed E-state index contributed by atoms with van der Waals surface area (Å²) < 4.78 is 10.5. The summed E-state index contributed by atoms with van der Waals surface area (Å²) in [6.07, 6.45) is 1.53. The van der Waals surface area contributed by atoms with Crippen molar-refractivity contribution < 1.29 is 14.1 Å². The van der Waals surface area contributed by atoms with Crippen molar-refractivity contribution in [1.29, 1.82) is 0 Å². The molecule has 134 valence electrons. The summed E-state index contributed by atoms with van der Waals surface area (Å²) >= 11 is 0. The van der Waals surface area contributed by atoms with Crippen LogP contribution in [0.2, 0.25) is 0 Å². The summed E-state index contributed by atoms with van der Waals surface area (Å²) in [5, 5.41) is 4.06. The van der Waals surface area contributed by atoms with Crippen molar-refractivity contribution in [2.24, 2.45) is 0 Å². The van der Waals surface area contributed by atoms with E-state index in [9.17, 15) is 4.79 Å². The number of ether oxygens (including phenoxy) is 1. The molecule has 0 saturated carbocycles.